The Morgan fingerprint density at radius 1 is 1.18 bits per heavy atom. The van der Waals surface area contributed by atoms with Crippen LogP contribution in [0.5, 0.6) is 0 Å². The van der Waals surface area contributed by atoms with Crippen LogP contribution in [0.4, 0.5) is 15.8 Å². The number of thioether (sulfide) groups is 1. The van der Waals surface area contributed by atoms with Gasteiger partial charge in [-0.1, -0.05) is 12.1 Å². The number of sulfone groups is 1. The lowest BCUT2D eigenvalue weighted by Gasteiger charge is -2.36. The Kier molecular flexibility index (Phi) is 6.67. The number of amides is 2. The molecule has 4 rings (SSSR count). The summed E-state index contributed by atoms with van der Waals surface area (Å²) >= 11 is 1.38. The second kappa shape index (κ2) is 9.34. The minimum Gasteiger partial charge on any atom is -0.366 e. The smallest absolute Gasteiger partial charge is 0.237 e. The number of carbonyl (C=O) groups is 2. The van der Waals surface area contributed by atoms with Gasteiger partial charge in [-0.3, -0.25) is 9.59 Å². The number of rotatable bonds is 5. The Morgan fingerprint density at radius 3 is 2.58 bits per heavy atom. The van der Waals surface area contributed by atoms with Crippen LogP contribution >= 0.6 is 11.8 Å². The molecular weight excluding hydrogens is 465 g/mol. The summed E-state index contributed by atoms with van der Waals surface area (Å²) in [7, 11) is -3.76. The summed E-state index contributed by atoms with van der Waals surface area (Å²) in [6, 6.07) is 11.2. The van der Waals surface area contributed by atoms with E-state index in [1.165, 1.54) is 36.9 Å². The number of hydrogen-bond acceptors (Lipinski definition) is 6. The van der Waals surface area contributed by atoms with Gasteiger partial charge in [-0.15, -0.1) is 11.8 Å². The van der Waals surface area contributed by atoms with Gasteiger partial charge in [-0.2, -0.15) is 0 Å². The highest BCUT2D eigenvalue weighted by Gasteiger charge is 2.31. The molecule has 0 aromatic heterocycles. The zero-order chi connectivity index (χ0) is 23.8. The summed E-state index contributed by atoms with van der Waals surface area (Å²) in [5.74, 6) is -0.708. The summed E-state index contributed by atoms with van der Waals surface area (Å²) in [6.07, 6.45) is -0.142. The Morgan fingerprint density at radius 2 is 1.88 bits per heavy atom. The largest absolute Gasteiger partial charge is 0.366 e. The highest BCUT2D eigenvalue weighted by atomic mass is 32.2. The van der Waals surface area contributed by atoms with E-state index in [1.807, 2.05) is 4.90 Å². The first-order valence-electron chi connectivity index (χ1n) is 10.8. The topological polar surface area (TPSA) is 86.8 Å². The van der Waals surface area contributed by atoms with Crippen molar-refractivity contribution >= 4 is 44.8 Å². The number of hydrogen-bond donors (Lipinski definition) is 1. The fourth-order valence-electron chi connectivity index (χ4n) is 3.99. The lowest BCUT2D eigenvalue weighted by molar-refractivity contribution is -0.131. The minimum atomic E-state index is -3.76. The highest BCUT2D eigenvalue weighted by Crippen LogP contribution is 2.37. The molecule has 1 fully saturated rings. The van der Waals surface area contributed by atoms with Crippen LogP contribution in [-0.2, 0) is 19.4 Å². The monoisotopic (exact) mass is 491 g/mol. The fraction of sp³-hybridized carbons (Fsp3) is 0.391. The van der Waals surface area contributed by atoms with Crippen LogP contribution in [0.25, 0.3) is 0 Å². The van der Waals surface area contributed by atoms with E-state index >= 15 is 0 Å². The van der Waals surface area contributed by atoms with E-state index in [9.17, 15) is 22.4 Å². The molecule has 2 heterocycles. The number of halogens is 1. The van der Waals surface area contributed by atoms with Gasteiger partial charge < -0.3 is 15.1 Å². The van der Waals surface area contributed by atoms with Gasteiger partial charge in [0.1, 0.15) is 5.82 Å². The van der Waals surface area contributed by atoms with Crippen LogP contribution in [0.2, 0.25) is 0 Å². The van der Waals surface area contributed by atoms with E-state index in [2.05, 4.69) is 5.32 Å². The number of benzene rings is 2. The molecule has 0 saturated carbocycles. The number of fused-ring (bicyclic) bond motifs is 1. The Hall–Kier alpha value is -2.59. The maximum absolute atomic E-state index is 14.0. The highest BCUT2D eigenvalue weighted by molar-refractivity contribution is 8.01. The second-order valence-corrected chi connectivity index (χ2v) is 12.0. The molecular formula is C23H26FN3O4S2. The maximum atomic E-state index is 14.0. The Labute approximate surface area is 197 Å². The van der Waals surface area contributed by atoms with Gasteiger partial charge in [0, 0.05) is 37.5 Å². The minimum absolute atomic E-state index is 0.0846. The maximum Gasteiger partial charge on any atom is 0.237 e. The first-order valence-corrected chi connectivity index (χ1v) is 13.2. The van der Waals surface area contributed by atoms with Crippen LogP contribution in [0.1, 0.15) is 20.3 Å². The molecule has 10 heteroatoms. The summed E-state index contributed by atoms with van der Waals surface area (Å²) in [5, 5.41) is 1.59. The number of para-hydroxylation sites is 1. The SMILES string of the molecule is C[C@@H]1Sc2ccc(S(=O)(=O)[C@H](C)CC(=O)N3CCN(c4ccccc4F)CC3)cc2NC1=O. The van der Waals surface area contributed by atoms with E-state index in [4.69, 9.17) is 0 Å². The molecule has 2 aromatic carbocycles. The van der Waals surface area contributed by atoms with Gasteiger partial charge in [0.25, 0.3) is 0 Å². The molecule has 2 aliphatic rings. The van der Waals surface area contributed by atoms with Crippen LogP contribution in [-0.4, -0.2) is 61.8 Å². The zero-order valence-corrected chi connectivity index (χ0v) is 20.1. The molecule has 2 atom stereocenters. The van der Waals surface area contributed by atoms with Crippen molar-refractivity contribution in [1.29, 1.82) is 0 Å². The van der Waals surface area contributed by atoms with Crippen molar-refractivity contribution in [1.82, 2.24) is 4.90 Å². The van der Waals surface area contributed by atoms with Crippen molar-refractivity contribution < 1.29 is 22.4 Å². The number of piperazine rings is 1. The van der Waals surface area contributed by atoms with Crippen molar-refractivity contribution in [3.63, 3.8) is 0 Å². The third-order valence-corrected chi connectivity index (χ3v) is 9.34. The number of carbonyl (C=O) groups excluding carboxylic acids is 2. The molecule has 2 aliphatic heterocycles. The Balaban J connectivity index is 1.39. The first-order chi connectivity index (χ1) is 15.7. The Bertz CT molecular complexity index is 1180. The molecule has 2 aromatic rings. The summed E-state index contributed by atoms with van der Waals surface area (Å²) in [5.41, 5.74) is 0.986. The van der Waals surface area contributed by atoms with Gasteiger partial charge in [-0.05, 0) is 44.2 Å². The summed E-state index contributed by atoms with van der Waals surface area (Å²) in [4.78, 5) is 29.2. The second-order valence-electron chi connectivity index (χ2n) is 8.29. The number of nitrogens with one attached hydrogen (secondary N) is 1. The first kappa shape index (κ1) is 23.6. The lowest BCUT2D eigenvalue weighted by Crippen LogP contribution is -2.49. The predicted octanol–water partition coefficient (Wildman–Crippen LogP) is 3.16. The normalized spacial score (nSPS) is 19.6. The van der Waals surface area contributed by atoms with Gasteiger partial charge in [0.05, 0.1) is 26.8 Å². The van der Waals surface area contributed by atoms with Crippen LogP contribution in [0, 0.1) is 5.82 Å². The zero-order valence-electron chi connectivity index (χ0n) is 18.5. The van der Waals surface area contributed by atoms with Crippen molar-refractivity contribution in [3.05, 3.63) is 48.3 Å². The van der Waals surface area contributed by atoms with Crippen LogP contribution in [0.15, 0.2) is 52.3 Å². The van der Waals surface area contributed by atoms with Crippen molar-refractivity contribution in [3.8, 4) is 0 Å². The number of anilines is 2. The van der Waals surface area contributed by atoms with E-state index in [0.29, 0.717) is 37.6 Å². The van der Waals surface area contributed by atoms with E-state index < -0.39 is 15.1 Å². The number of nitrogens with zero attached hydrogens (tertiary/aromatic N) is 2. The molecule has 176 valence electrons. The van der Waals surface area contributed by atoms with Crippen LogP contribution in [0.3, 0.4) is 0 Å². The predicted molar refractivity (Wildman–Crippen MR) is 127 cm³/mol. The molecule has 33 heavy (non-hydrogen) atoms. The van der Waals surface area contributed by atoms with Gasteiger partial charge in [-0.25, -0.2) is 12.8 Å². The summed E-state index contributed by atoms with van der Waals surface area (Å²) < 4.78 is 40.3. The van der Waals surface area contributed by atoms with Crippen molar-refractivity contribution in [2.75, 3.05) is 36.4 Å². The molecule has 0 spiro atoms. The van der Waals surface area contributed by atoms with Gasteiger partial charge in [0.2, 0.25) is 11.8 Å². The molecule has 0 bridgehead atoms. The van der Waals surface area contributed by atoms with Crippen LogP contribution < -0.4 is 10.2 Å². The third kappa shape index (κ3) is 4.86. The standard InChI is InChI=1S/C23H26FN3O4S2/c1-15(33(30,31)17-7-8-21-19(14-17)25-23(29)16(2)32-21)13-22(28)27-11-9-26(10-12-27)20-6-4-3-5-18(20)24/h3-8,14-16H,9-13H2,1-2H3,(H,25,29)/t15-,16+/m1/s1. The average Bonchev–Trinajstić information content (AvgIpc) is 2.80. The van der Waals surface area contributed by atoms with Crippen molar-refractivity contribution in [2.45, 2.75) is 40.6 Å². The van der Waals surface area contributed by atoms with E-state index in [1.54, 1.807) is 36.1 Å². The average molecular weight is 492 g/mol. The third-order valence-electron chi connectivity index (χ3n) is 6.03. The molecule has 2 amide bonds. The molecule has 1 saturated heterocycles. The molecule has 1 N–H and O–H groups in total. The molecule has 0 aliphatic carbocycles. The molecule has 0 radical (unpaired) electrons. The molecule has 0 unspecified atom stereocenters. The fourth-order valence-corrected chi connectivity index (χ4v) is 6.28. The van der Waals surface area contributed by atoms with Gasteiger partial charge in [0.15, 0.2) is 9.84 Å². The van der Waals surface area contributed by atoms with E-state index in [-0.39, 0.29) is 34.2 Å². The van der Waals surface area contributed by atoms with Crippen molar-refractivity contribution in [2.24, 2.45) is 0 Å². The summed E-state index contributed by atoms with van der Waals surface area (Å²) in [6.45, 7) is 5.08. The quantitative estimate of drug-likeness (QED) is 0.692. The van der Waals surface area contributed by atoms with Gasteiger partial charge >= 0.3 is 0 Å². The lowest BCUT2D eigenvalue weighted by atomic mass is 10.2. The molecule has 7 nitrogen and oxygen atoms in total. The van der Waals surface area contributed by atoms with E-state index in [0.717, 1.165) is 4.90 Å².